The van der Waals surface area contributed by atoms with Gasteiger partial charge in [-0.3, -0.25) is 0 Å². The molecule has 0 unspecified atom stereocenters. The molecule has 3 nitrogen and oxygen atoms in total. The normalized spacial score (nSPS) is 15.1. The topological polar surface area (TPSA) is 41.5 Å². The maximum absolute atomic E-state index is 7.57. The summed E-state index contributed by atoms with van der Waals surface area (Å²) < 4.78 is 6.42. The van der Waals surface area contributed by atoms with Crippen LogP contribution in [0.1, 0.15) is 37.0 Å². The molecule has 1 aliphatic rings. The quantitative estimate of drug-likeness (QED) is 0.907. The Labute approximate surface area is 139 Å². The van der Waals surface area contributed by atoms with Crippen molar-refractivity contribution in [3.8, 4) is 0 Å². The lowest BCUT2D eigenvalue weighted by atomic mass is 10.0. The average Bonchev–Trinajstić information content (AvgIpc) is 2.63. The van der Waals surface area contributed by atoms with Crippen LogP contribution in [0.2, 0.25) is 0 Å². The first-order valence-electron chi connectivity index (χ1n) is 8.42. The first kappa shape index (κ1) is 17.7. The molecule has 0 radical (unpaired) electrons. The highest BCUT2D eigenvalue weighted by Crippen LogP contribution is 2.28. The largest absolute Gasteiger partial charge is 0.397 e. The van der Waals surface area contributed by atoms with Crippen LogP contribution in [-0.2, 0) is 4.74 Å². The molecule has 0 aliphatic carbocycles. The molecule has 124 valence electrons. The molecule has 0 saturated carbocycles. The highest BCUT2D eigenvalue weighted by atomic mass is 16.5. The zero-order chi connectivity index (χ0) is 16.3. The van der Waals surface area contributed by atoms with Crippen molar-refractivity contribution < 1.29 is 9.84 Å². The third-order valence-corrected chi connectivity index (χ3v) is 3.82. The monoisotopic (exact) mass is 313 g/mol. The second kappa shape index (κ2) is 10.2. The Morgan fingerprint density at radius 3 is 1.83 bits per heavy atom. The number of rotatable bonds is 4. The molecular formula is C20H27NO2. The van der Waals surface area contributed by atoms with Gasteiger partial charge in [0.25, 0.3) is 0 Å². The molecule has 0 atom stereocenters. The van der Waals surface area contributed by atoms with Crippen LogP contribution < -0.4 is 5.32 Å². The SMILES string of the molecule is CCO.c1ccc(C(OC2CCNCC2)c2ccccc2)cc1. The smallest absolute Gasteiger partial charge is 0.108 e. The average molecular weight is 313 g/mol. The molecule has 2 aromatic carbocycles. The Bertz CT molecular complexity index is 484. The fraction of sp³-hybridized carbons (Fsp3) is 0.400. The summed E-state index contributed by atoms with van der Waals surface area (Å²) in [6.07, 6.45) is 2.58. The Morgan fingerprint density at radius 2 is 1.39 bits per heavy atom. The number of ether oxygens (including phenoxy) is 1. The molecule has 3 heteroatoms. The van der Waals surface area contributed by atoms with Crippen molar-refractivity contribution in [1.29, 1.82) is 0 Å². The Morgan fingerprint density at radius 1 is 0.957 bits per heavy atom. The Kier molecular flexibility index (Phi) is 7.81. The van der Waals surface area contributed by atoms with E-state index in [4.69, 9.17) is 9.84 Å². The fourth-order valence-corrected chi connectivity index (χ4v) is 2.73. The molecule has 0 spiro atoms. The minimum absolute atomic E-state index is 0.0421. The summed E-state index contributed by atoms with van der Waals surface area (Å²) in [7, 11) is 0. The summed E-state index contributed by atoms with van der Waals surface area (Å²) in [5.74, 6) is 0. The summed E-state index contributed by atoms with van der Waals surface area (Å²) in [5.41, 5.74) is 2.47. The van der Waals surface area contributed by atoms with Gasteiger partial charge in [0, 0.05) is 6.61 Å². The molecule has 1 aliphatic heterocycles. The lowest BCUT2D eigenvalue weighted by molar-refractivity contribution is -0.00805. The number of nitrogens with one attached hydrogen (secondary N) is 1. The predicted octanol–water partition coefficient (Wildman–Crippen LogP) is 3.54. The second-order valence-corrected chi connectivity index (χ2v) is 5.60. The third kappa shape index (κ3) is 5.79. The number of hydrogen-bond donors (Lipinski definition) is 2. The van der Waals surface area contributed by atoms with E-state index in [0.717, 1.165) is 25.9 Å². The van der Waals surface area contributed by atoms with Gasteiger partial charge in [-0.05, 0) is 44.0 Å². The summed E-state index contributed by atoms with van der Waals surface area (Å²) in [5, 5.41) is 11.0. The standard InChI is InChI=1S/C18H21NO.C2H6O/c1-3-7-15(8-4-1)18(16-9-5-2-6-10-16)20-17-11-13-19-14-12-17;1-2-3/h1-10,17-19H,11-14H2;3H,2H2,1H3. The van der Waals surface area contributed by atoms with E-state index in [0.29, 0.717) is 6.10 Å². The number of hydrogen-bond acceptors (Lipinski definition) is 3. The van der Waals surface area contributed by atoms with Crippen molar-refractivity contribution in [3.05, 3.63) is 71.8 Å². The zero-order valence-corrected chi connectivity index (χ0v) is 13.8. The van der Waals surface area contributed by atoms with Crippen LogP contribution in [0.5, 0.6) is 0 Å². The van der Waals surface area contributed by atoms with E-state index in [1.165, 1.54) is 11.1 Å². The van der Waals surface area contributed by atoms with Crippen molar-refractivity contribution in [1.82, 2.24) is 5.32 Å². The number of benzene rings is 2. The second-order valence-electron chi connectivity index (χ2n) is 5.60. The molecule has 0 bridgehead atoms. The van der Waals surface area contributed by atoms with Crippen LogP contribution in [0.25, 0.3) is 0 Å². The number of aliphatic hydroxyl groups is 1. The van der Waals surface area contributed by atoms with Gasteiger partial charge in [-0.15, -0.1) is 0 Å². The van der Waals surface area contributed by atoms with Gasteiger partial charge < -0.3 is 15.2 Å². The molecule has 23 heavy (non-hydrogen) atoms. The highest BCUT2D eigenvalue weighted by molar-refractivity contribution is 5.30. The van der Waals surface area contributed by atoms with Crippen LogP contribution in [0.4, 0.5) is 0 Å². The molecule has 2 N–H and O–H groups in total. The molecule has 1 fully saturated rings. The first-order valence-corrected chi connectivity index (χ1v) is 8.42. The lowest BCUT2D eigenvalue weighted by Gasteiger charge is -2.28. The Balaban J connectivity index is 0.000000595. The summed E-state index contributed by atoms with van der Waals surface area (Å²) >= 11 is 0. The number of aliphatic hydroxyl groups excluding tert-OH is 1. The molecule has 3 rings (SSSR count). The zero-order valence-electron chi connectivity index (χ0n) is 13.8. The molecule has 0 amide bonds. The Hall–Kier alpha value is -1.68. The van der Waals surface area contributed by atoms with E-state index in [2.05, 4.69) is 66.0 Å². The van der Waals surface area contributed by atoms with E-state index < -0.39 is 0 Å². The van der Waals surface area contributed by atoms with Gasteiger partial charge in [-0.1, -0.05) is 60.7 Å². The fourth-order valence-electron chi connectivity index (χ4n) is 2.73. The summed E-state index contributed by atoms with van der Waals surface area (Å²) in [6.45, 7) is 4.04. The maximum atomic E-state index is 7.57. The minimum atomic E-state index is 0.0421. The van der Waals surface area contributed by atoms with E-state index in [1.807, 2.05) is 0 Å². The third-order valence-electron chi connectivity index (χ3n) is 3.82. The van der Waals surface area contributed by atoms with Crippen LogP contribution >= 0.6 is 0 Å². The van der Waals surface area contributed by atoms with Gasteiger partial charge in [0.2, 0.25) is 0 Å². The van der Waals surface area contributed by atoms with Crippen LogP contribution in [-0.4, -0.2) is 30.9 Å². The number of piperidine rings is 1. The van der Waals surface area contributed by atoms with Gasteiger partial charge in [0.1, 0.15) is 6.10 Å². The van der Waals surface area contributed by atoms with Gasteiger partial charge in [-0.2, -0.15) is 0 Å². The lowest BCUT2D eigenvalue weighted by Crippen LogP contribution is -2.33. The van der Waals surface area contributed by atoms with E-state index in [9.17, 15) is 0 Å². The molecular weight excluding hydrogens is 286 g/mol. The van der Waals surface area contributed by atoms with Crippen molar-refractivity contribution >= 4 is 0 Å². The summed E-state index contributed by atoms with van der Waals surface area (Å²) in [6, 6.07) is 21.0. The van der Waals surface area contributed by atoms with E-state index in [-0.39, 0.29) is 12.7 Å². The van der Waals surface area contributed by atoms with Crippen LogP contribution in [0.15, 0.2) is 60.7 Å². The van der Waals surface area contributed by atoms with Crippen molar-refractivity contribution in [2.75, 3.05) is 19.7 Å². The maximum Gasteiger partial charge on any atom is 0.108 e. The minimum Gasteiger partial charge on any atom is -0.397 e. The van der Waals surface area contributed by atoms with Gasteiger partial charge in [-0.25, -0.2) is 0 Å². The molecule has 0 aromatic heterocycles. The van der Waals surface area contributed by atoms with E-state index >= 15 is 0 Å². The van der Waals surface area contributed by atoms with Gasteiger partial charge >= 0.3 is 0 Å². The van der Waals surface area contributed by atoms with Crippen molar-refractivity contribution in [3.63, 3.8) is 0 Å². The molecule has 1 heterocycles. The van der Waals surface area contributed by atoms with Crippen molar-refractivity contribution in [2.24, 2.45) is 0 Å². The van der Waals surface area contributed by atoms with Gasteiger partial charge in [0.05, 0.1) is 6.10 Å². The highest BCUT2D eigenvalue weighted by Gasteiger charge is 2.21. The molecule has 2 aromatic rings. The molecule has 1 saturated heterocycles. The van der Waals surface area contributed by atoms with Crippen LogP contribution in [0.3, 0.4) is 0 Å². The predicted molar refractivity (Wildman–Crippen MR) is 94.5 cm³/mol. The van der Waals surface area contributed by atoms with Crippen molar-refractivity contribution in [2.45, 2.75) is 32.0 Å². The van der Waals surface area contributed by atoms with Crippen LogP contribution in [0, 0.1) is 0 Å². The first-order chi connectivity index (χ1) is 11.3. The van der Waals surface area contributed by atoms with Gasteiger partial charge in [0.15, 0.2) is 0 Å². The summed E-state index contributed by atoms with van der Waals surface area (Å²) in [4.78, 5) is 0. The van der Waals surface area contributed by atoms with E-state index in [1.54, 1.807) is 6.92 Å².